The molecule has 0 radical (unpaired) electrons. The Bertz CT molecular complexity index is 1030. The van der Waals surface area contributed by atoms with Crippen LogP contribution in [0.2, 0.25) is 4.34 Å². The van der Waals surface area contributed by atoms with Crippen molar-refractivity contribution in [3.05, 3.63) is 45.4 Å². The molecule has 4 rings (SSSR count). The molecule has 31 heavy (non-hydrogen) atoms. The van der Waals surface area contributed by atoms with E-state index in [1.165, 1.54) is 17.0 Å². The van der Waals surface area contributed by atoms with E-state index in [9.17, 15) is 23.9 Å². The number of carbonyl (C=O) groups excluding carboxylic acids is 3. The number of aliphatic hydroxyl groups is 1. The SMILES string of the molecule is O=C(NC[C@H]1CN(c2ccc(N3CCCC(O)C3=O)cc2F)C(=O)O1)c1ccc(Cl)s1. The van der Waals surface area contributed by atoms with Crippen LogP contribution < -0.4 is 15.1 Å². The van der Waals surface area contributed by atoms with E-state index in [0.717, 1.165) is 22.3 Å². The molecule has 0 saturated carbocycles. The number of cyclic esters (lactones) is 1. The molecule has 2 aliphatic rings. The van der Waals surface area contributed by atoms with E-state index in [2.05, 4.69) is 5.32 Å². The van der Waals surface area contributed by atoms with Crippen LogP contribution in [0.1, 0.15) is 22.5 Å². The molecule has 2 N–H and O–H groups in total. The van der Waals surface area contributed by atoms with Crippen LogP contribution in [0.4, 0.5) is 20.6 Å². The van der Waals surface area contributed by atoms with Gasteiger partial charge in [-0.3, -0.25) is 14.5 Å². The first-order chi connectivity index (χ1) is 14.8. The highest BCUT2D eigenvalue weighted by atomic mass is 35.5. The Morgan fingerprint density at radius 2 is 2.10 bits per heavy atom. The number of rotatable bonds is 5. The van der Waals surface area contributed by atoms with Crippen LogP contribution >= 0.6 is 22.9 Å². The van der Waals surface area contributed by atoms with E-state index in [-0.39, 0.29) is 24.7 Å². The molecule has 2 fully saturated rings. The van der Waals surface area contributed by atoms with Crippen LogP contribution in [0.3, 0.4) is 0 Å². The maximum Gasteiger partial charge on any atom is 0.414 e. The number of ether oxygens (including phenoxy) is 1. The summed E-state index contributed by atoms with van der Waals surface area (Å²) in [7, 11) is 0. The monoisotopic (exact) mass is 467 g/mol. The number of hydrogen-bond donors (Lipinski definition) is 2. The van der Waals surface area contributed by atoms with Crippen LogP contribution in [-0.2, 0) is 9.53 Å². The molecule has 0 aliphatic carbocycles. The first kappa shape index (κ1) is 21.5. The van der Waals surface area contributed by atoms with Crippen LogP contribution in [0.5, 0.6) is 0 Å². The van der Waals surface area contributed by atoms with Crippen LogP contribution in [0, 0.1) is 5.82 Å². The largest absolute Gasteiger partial charge is 0.442 e. The number of nitrogens with one attached hydrogen (secondary N) is 1. The van der Waals surface area contributed by atoms with E-state index in [1.54, 1.807) is 12.1 Å². The summed E-state index contributed by atoms with van der Waals surface area (Å²) in [4.78, 5) is 39.4. The van der Waals surface area contributed by atoms with Gasteiger partial charge < -0.3 is 20.1 Å². The van der Waals surface area contributed by atoms with Crippen molar-refractivity contribution in [2.45, 2.75) is 25.0 Å². The van der Waals surface area contributed by atoms with Crippen molar-refractivity contribution < 1.29 is 28.6 Å². The van der Waals surface area contributed by atoms with Gasteiger partial charge in [0.05, 0.1) is 28.0 Å². The van der Waals surface area contributed by atoms with E-state index in [0.29, 0.717) is 34.3 Å². The summed E-state index contributed by atoms with van der Waals surface area (Å²) in [6.07, 6.45) is -1.47. The van der Waals surface area contributed by atoms with Gasteiger partial charge in [-0.05, 0) is 43.2 Å². The molecule has 1 aromatic carbocycles. The van der Waals surface area contributed by atoms with Gasteiger partial charge in [-0.25, -0.2) is 9.18 Å². The quantitative estimate of drug-likeness (QED) is 0.704. The molecular weight excluding hydrogens is 449 g/mol. The molecular formula is C20H19ClFN3O5S. The molecule has 11 heteroatoms. The summed E-state index contributed by atoms with van der Waals surface area (Å²) in [5, 5.41) is 12.4. The smallest absolute Gasteiger partial charge is 0.414 e. The minimum absolute atomic E-state index is 0.0117. The predicted molar refractivity (Wildman–Crippen MR) is 113 cm³/mol. The number of amides is 3. The number of piperidine rings is 1. The molecule has 0 spiro atoms. The first-order valence-corrected chi connectivity index (χ1v) is 10.8. The zero-order valence-corrected chi connectivity index (χ0v) is 17.8. The fourth-order valence-electron chi connectivity index (χ4n) is 3.55. The Labute approximate surface area is 186 Å². The molecule has 3 amide bonds. The molecule has 2 saturated heterocycles. The predicted octanol–water partition coefficient (Wildman–Crippen LogP) is 2.78. The van der Waals surface area contributed by atoms with Gasteiger partial charge in [-0.2, -0.15) is 0 Å². The van der Waals surface area contributed by atoms with Crippen molar-refractivity contribution in [2.24, 2.45) is 0 Å². The van der Waals surface area contributed by atoms with Crippen LogP contribution in [0.25, 0.3) is 0 Å². The maximum absolute atomic E-state index is 14.8. The van der Waals surface area contributed by atoms with Crippen LogP contribution in [0.15, 0.2) is 30.3 Å². The van der Waals surface area contributed by atoms with E-state index >= 15 is 0 Å². The molecule has 3 heterocycles. The van der Waals surface area contributed by atoms with Gasteiger partial charge in [-0.1, -0.05) is 11.6 Å². The molecule has 0 bridgehead atoms. The average Bonchev–Trinajstić information content (AvgIpc) is 3.34. The summed E-state index contributed by atoms with van der Waals surface area (Å²) < 4.78 is 20.5. The third-order valence-electron chi connectivity index (χ3n) is 5.11. The summed E-state index contributed by atoms with van der Waals surface area (Å²) in [5.74, 6) is -1.50. The number of thiophene rings is 1. The lowest BCUT2D eigenvalue weighted by molar-refractivity contribution is -0.128. The van der Waals surface area contributed by atoms with Crippen molar-refractivity contribution in [1.82, 2.24) is 5.32 Å². The molecule has 2 aliphatic heterocycles. The van der Waals surface area contributed by atoms with Gasteiger partial charge in [0.25, 0.3) is 11.8 Å². The highest BCUT2D eigenvalue weighted by Crippen LogP contribution is 2.30. The Kier molecular flexibility index (Phi) is 6.12. The zero-order valence-electron chi connectivity index (χ0n) is 16.2. The highest BCUT2D eigenvalue weighted by molar-refractivity contribution is 7.18. The standard InChI is InChI=1S/C20H19ClFN3O5S/c21-17-6-5-16(31-17)18(27)23-9-12-10-25(20(29)30-12)14-4-3-11(8-13(14)22)24-7-1-2-15(26)19(24)28/h3-6,8,12,15,26H,1-2,7,9-10H2,(H,23,27)/t12-,15?/m0/s1. The fourth-order valence-corrected chi connectivity index (χ4v) is 4.51. The number of benzene rings is 1. The van der Waals surface area contributed by atoms with Gasteiger partial charge in [-0.15, -0.1) is 11.3 Å². The second-order valence-corrected chi connectivity index (χ2v) is 8.93. The zero-order chi connectivity index (χ0) is 22.1. The highest BCUT2D eigenvalue weighted by Gasteiger charge is 2.35. The maximum atomic E-state index is 14.8. The van der Waals surface area contributed by atoms with Gasteiger partial charge in [0.15, 0.2) is 0 Å². The minimum Gasteiger partial charge on any atom is -0.442 e. The molecule has 1 unspecified atom stereocenters. The van der Waals surface area contributed by atoms with Crippen molar-refractivity contribution in [2.75, 3.05) is 29.4 Å². The van der Waals surface area contributed by atoms with Gasteiger partial charge in [0, 0.05) is 12.2 Å². The molecule has 2 atom stereocenters. The fraction of sp³-hybridized carbons (Fsp3) is 0.350. The summed E-state index contributed by atoms with van der Waals surface area (Å²) in [6.45, 7) is 0.510. The first-order valence-electron chi connectivity index (χ1n) is 9.64. The lowest BCUT2D eigenvalue weighted by atomic mass is 10.1. The molecule has 2 aromatic rings. The third-order valence-corrected chi connectivity index (χ3v) is 6.34. The normalized spacial score (nSPS) is 21.4. The average molecular weight is 468 g/mol. The second kappa shape index (κ2) is 8.81. The molecule has 164 valence electrons. The Morgan fingerprint density at radius 3 is 2.81 bits per heavy atom. The lowest BCUT2D eigenvalue weighted by Crippen LogP contribution is -2.44. The topological polar surface area (TPSA) is 99.2 Å². The Hall–Kier alpha value is -2.69. The van der Waals surface area contributed by atoms with Crippen molar-refractivity contribution in [1.29, 1.82) is 0 Å². The number of nitrogens with zero attached hydrogens (tertiary/aromatic N) is 2. The third kappa shape index (κ3) is 4.51. The lowest BCUT2D eigenvalue weighted by Gasteiger charge is -2.30. The molecule has 1 aromatic heterocycles. The molecule has 8 nitrogen and oxygen atoms in total. The number of anilines is 2. The van der Waals surface area contributed by atoms with E-state index < -0.39 is 30.0 Å². The van der Waals surface area contributed by atoms with Gasteiger partial charge >= 0.3 is 6.09 Å². The van der Waals surface area contributed by atoms with Crippen LogP contribution in [-0.4, -0.2) is 54.9 Å². The van der Waals surface area contributed by atoms with Crippen molar-refractivity contribution in [3.63, 3.8) is 0 Å². The van der Waals surface area contributed by atoms with E-state index in [1.807, 2.05) is 0 Å². The summed E-state index contributed by atoms with van der Waals surface area (Å²) in [6, 6.07) is 7.29. The van der Waals surface area contributed by atoms with Gasteiger partial charge in [0.2, 0.25) is 0 Å². The van der Waals surface area contributed by atoms with Crippen molar-refractivity contribution in [3.8, 4) is 0 Å². The number of halogens is 2. The summed E-state index contributed by atoms with van der Waals surface area (Å²) >= 11 is 6.95. The van der Waals surface area contributed by atoms with Crippen molar-refractivity contribution >= 4 is 52.2 Å². The second-order valence-electron chi connectivity index (χ2n) is 7.21. The number of carbonyl (C=O) groups is 3. The number of hydrogen-bond acceptors (Lipinski definition) is 6. The minimum atomic E-state index is -1.09. The Morgan fingerprint density at radius 1 is 1.29 bits per heavy atom. The number of aliphatic hydroxyl groups excluding tert-OH is 1. The summed E-state index contributed by atoms with van der Waals surface area (Å²) in [5.41, 5.74) is 0.327. The van der Waals surface area contributed by atoms with Gasteiger partial charge in [0.1, 0.15) is 18.0 Å². The van der Waals surface area contributed by atoms with E-state index in [4.69, 9.17) is 16.3 Å². The Balaban J connectivity index is 1.41.